The molecule has 1 heterocycles. The van der Waals surface area contributed by atoms with E-state index in [4.69, 9.17) is 5.26 Å². The summed E-state index contributed by atoms with van der Waals surface area (Å²) < 4.78 is 1.13. The smallest absolute Gasteiger partial charge is 0.223 e. The number of rotatable bonds is 7. The molecule has 1 aromatic heterocycles. The predicted octanol–water partition coefficient (Wildman–Crippen LogP) is 5.31. The molecule has 2 rings (SSSR count). The highest BCUT2D eigenvalue weighted by atomic mass is 79.9. The lowest BCUT2D eigenvalue weighted by Crippen LogP contribution is -2.33. The molecule has 1 atom stereocenters. The first-order valence-corrected chi connectivity index (χ1v) is 9.69. The molecule has 1 aromatic carbocycles. The lowest BCUT2D eigenvalue weighted by molar-refractivity contribution is -0.133. The molecule has 24 heavy (non-hydrogen) atoms. The van der Waals surface area contributed by atoms with Gasteiger partial charge in [-0.2, -0.15) is 5.26 Å². The lowest BCUT2D eigenvalue weighted by Gasteiger charge is -2.28. The van der Waals surface area contributed by atoms with Crippen molar-refractivity contribution in [1.82, 2.24) is 4.90 Å². The number of nitrogens with zero attached hydrogens (tertiary/aromatic N) is 2. The number of nitriles is 1. The first kappa shape index (κ1) is 18.7. The van der Waals surface area contributed by atoms with Gasteiger partial charge in [0.1, 0.15) is 0 Å². The van der Waals surface area contributed by atoms with Gasteiger partial charge in [0.2, 0.25) is 5.91 Å². The fraction of sp³-hybridized carbons (Fsp3) is 0.368. The second-order valence-corrected chi connectivity index (χ2v) is 8.20. The highest BCUT2D eigenvalue weighted by molar-refractivity contribution is 9.11. The molecule has 126 valence electrons. The van der Waals surface area contributed by atoms with Gasteiger partial charge >= 0.3 is 0 Å². The van der Waals surface area contributed by atoms with E-state index >= 15 is 0 Å². The summed E-state index contributed by atoms with van der Waals surface area (Å²) in [4.78, 5) is 15.8. The van der Waals surface area contributed by atoms with Crippen molar-refractivity contribution < 1.29 is 4.79 Å². The Morgan fingerprint density at radius 1 is 1.29 bits per heavy atom. The molecule has 0 fully saturated rings. The normalized spacial score (nSPS) is 11.8. The molecule has 3 nitrogen and oxygen atoms in total. The summed E-state index contributed by atoms with van der Waals surface area (Å²) in [7, 11) is 0. The second kappa shape index (κ2) is 9.00. The predicted molar refractivity (Wildman–Crippen MR) is 102 cm³/mol. The number of benzene rings is 1. The minimum absolute atomic E-state index is 0.0196. The van der Waals surface area contributed by atoms with Crippen molar-refractivity contribution in [3.05, 3.63) is 56.2 Å². The molecule has 0 aliphatic rings. The molecule has 0 spiro atoms. The first-order valence-electron chi connectivity index (χ1n) is 8.09. The fourth-order valence-corrected chi connectivity index (χ4v) is 4.25. The fourth-order valence-electron chi connectivity index (χ4n) is 2.73. The van der Waals surface area contributed by atoms with Crippen molar-refractivity contribution in [3.63, 3.8) is 0 Å². The quantitative estimate of drug-likeness (QED) is 0.626. The highest BCUT2D eigenvalue weighted by Gasteiger charge is 2.19. The maximum atomic E-state index is 12.6. The van der Waals surface area contributed by atoms with Crippen LogP contribution in [0.25, 0.3) is 0 Å². The summed E-state index contributed by atoms with van der Waals surface area (Å²) in [6.45, 7) is 4.73. The number of thiophene rings is 1. The van der Waals surface area contributed by atoms with Crippen LogP contribution in [0.5, 0.6) is 0 Å². The van der Waals surface area contributed by atoms with E-state index in [9.17, 15) is 4.79 Å². The van der Waals surface area contributed by atoms with E-state index in [0.29, 0.717) is 18.5 Å². The lowest BCUT2D eigenvalue weighted by atomic mass is 10.0. The van der Waals surface area contributed by atoms with Crippen LogP contribution in [-0.2, 0) is 11.2 Å². The van der Waals surface area contributed by atoms with E-state index < -0.39 is 0 Å². The van der Waals surface area contributed by atoms with Crippen LogP contribution in [0.3, 0.4) is 0 Å². The van der Waals surface area contributed by atoms with Gasteiger partial charge < -0.3 is 4.90 Å². The van der Waals surface area contributed by atoms with Gasteiger partial charge in [0.15, 0.2) is 0 Å². The third-order valence-electron chi connectivity index (χ3n) is 4.09. The zero-order valence-electron chi connectivity index (χ0n) is 14.0. The van der Waals surface area contributed by atoms with Crippen LogP contribution in [0.4, 0.5) is 0 Å². The van der Waals surface area contributed by atoms with Gasteiger partial charge in [0.05, 0.1) is 21.5 Å². The molecule has 0 aliphatic carbocycles. The number of hydrogen-bond acceptors (Lipinski definition) is 3. The number of aryl methyl sites for hydroxylation is 1. The number of hydrogen-bond donors (Lipinski definition) is 0. The third-order valence-corrected chi connectivity index (χ3v) is 5.78. The number of halogens is 1. The van der Waals surface area contributed by atoms with Crippen LogP contribution in [0.2, 0.25) is 0 Å². The largest absolute Gasteiger partial charge is 0.336 e. The summed E-state index contributed by atoms with van der Waals surface area (Å²) in [6.07, 6.45) is 2.36. The molecule has 0 saturated heterocycles. The Morgan fingerprint density at radius 3 is 2.54 bits per heavy atom. The zero-order chi connectivity index (χ0) is 17.5. The highest BCUT2D eigenvalue weighted by Crippen LogP contribution is 2.25. The average molecular weight is 405 g/mol. The summed E-state index contributed by atoms with van der Waals surface area (Å²) >= 11 is 5.19. The van der Waals surface area contributed by atoms with E-state index in [0.717, 1.165) is 22.2 Å². The van der Waals surface area contributed by atoms with Crippen LogP contribution in [0, 0.1) is 11.3 Å². The molecule has 1 unspecified atom stereocenters. The topological polar surface area (TPSA) is 44.1 Å². The van der Waals surface area contributed by atoms with E-state index in [-0.39, 0.29) is 11.9 Å². The molecule has 0 bridgehead atoms. The monoisotopic (exact) mass is 404 g/mol. The Labute approximate surface area is 156 Å². The Balaban J connectivity index is 1.93. The molecule has 0 aliphatic heterocycles. The van der Waals surface area contributed by atoms with Gasteiger partial charge in [0.25, 0.3) is 0 Å². The van der Waals surface area contributed by atoms with Crippen molar-refractivity contribution in [3.8, 4) is 6.07 Å². The molecular formula is C19H21BrN2OS. The molecule has 0 radical (unpaired) electrons. The maximum absolute atomic E-state index is 12.6. The van der Waals surface area contributed by atoms with Crippen molar-refractivity contribution in [2.75, 3.05) is 6.54 Å². The van der Waals surface area contributed by atoms with E-state index in [1.807, 2.05) is 36.9 Å². The number of amides is 1. The summed E-state index contributed by atoms with van der Waals surface area (Å²) in [5, 5.41) is 8.89. The third kappa shape index (κ3) is 4.93. The summed E-state index contributed by atoms with van der Waals surface area (Å²) in [5.41, 5.74) is 1.70. The minimum Gasteiger partial charge on any atom is -0.336 e. The molecule has 1 amide bonds. The molecule has 0 saturated carbocycles. The molecule has 2 aromatic rings. The zero-order valence-corrected chi connectivity index (χ0v) is 16.4. The standard InChI is InChI=1S/C19H21BrN2OS/c1-3-22(14(2)16-9-7-15(13-21)8-10-16)19(23)6-4-5-17-11-12-18(20)24-17/h7-12,14H,3-6H2,1-2H3. The van der Waals surface area contributed by atoms with Crippen LogP contribution in [0.1, 0.15) is 48.7 Å². The minimum atomic E-state index is 0.0196. The Hall–Kier alpha value is -1.64. The average Bonchev–Trinajstić information content (AvgIpc) is 3.00. The molecular weight excluding hydrogens is 384 g/mol. The van der Waals surface area contributed by atoms with Crippen molar-refractivity contribution in [2.45, 2.75) is 39.2 Å². The molecule has 5 heteroatoms. The molecule has 0 N–H and O–H groups in total. The van der Waals surface area contributed by atoms with Crippen LogP contribution < -0.4 is 0 Å². The van der Waals surface area contributed by atoms with Gasteiger partial charge in [-0.3, -0.25) is 4.79 Å². The first-order chi connectivity index (χ1) is 11.5. The van der Waals surface area contributed by atoms with E-state index in [1.165, 1.54) is 4.88 Å². The van der Waals surface area contributed by atoms with Gasteiger partial charge in [-0.1, -0.05) is 12.1 Å². The van der Waals surface area contributed by atoms with Crippen molar-refractivity contribution in [1.29, 1.82) is 5.26 Å². The van der Waals surface area contributed by atoms with Crippen molar-refractivity contribution >= 4 is 33.2 Å². The van der Waals surface area contributed by atoms with Crippen LogP contribution in [-0.4, -0.2) is 17.4 Å². The van der Waals surface area contributed by atoms with E-state index in [1.54, 1.807) is 23.5 Å². The van der Waals surface area contributed by atoms with Gasteiger partial charge in [0, 0.05) is 17.8 Å². The van der Waals surface area contributed by atoms with Crippen molar-refractivity contribution in [2.24, 2.45) is 0 Å². The van der Waals surface area contributed by atoms with E-state index in [2.05, 4.69) is 28.1 Å². The van der Waals surface area contributed by atoms with Gasteiger partial charge in [-0.05, 0) is 72.4 Å². The van der Waals surface area contributed by atoms with Gasteiger partial charge in [-0.15, -0.1) is 11.3 Å². The Kier molecular flexibility index (Phi) is 7.01. The SMILES string of the molecule is CCN(C(=O)CCCc1ccc(Br)s1)C(C)c1ccc(C#N)cc1. The van der Waals surface area contributed by atoms with Crippen LogP contribution >= 0.6 is 27.3 Å². The van der Waals surface area contributed by atoms with Crippen LogP contribution in [0.15, 0.2) is 40.2 Å². The Morgan fingerprint density at radius 2 is 2.00 bits per heavy atom. The second-order valence-electron chi connectivity index (χ2n) is 5.65. The summed E-state index contributed by atoms with van der Waals surface area (Å²) in [6, 6.07) is 13.8. The summed E-state index contributed by atoms with van der Waals surface area (Å²) in [5.74, 6) is 0.185. The number of carbonyl (C=O) groups excluding carboxylic acids is 1. The number of carbonyl (C=O) groups is 1. The van der Waals surface area contributed by atoms with Gasteiger partial charge in [-0.25, -0.2) is 0 Å². The Bertz CT molecular complexity index is 718. The maximum Gasteiger partial charge on any atom is 0.223 e.